The van der Waals surface area contributed by atoms with E-state index in [0.29, 0.717) is 5.49 Å². The van der Waals surface area contributed by atoms with Crippen LogP contribution in [0, 0.1) is 0 Å². The first-order valence-electron chi connectivity index (χ1n) is 10.1. The molecule has 2 aromatic rings. The number of rotatable bonds is 7. The molecule has 1 heterocycles. The van der Waals surface area contributed by atoms with Crippen molar-refractivity contribution in [3.05, 3.63) is 70.8 Å². The van der Waals surface area contributed by atoms with Gasteiger partial charge in [-0.3, -0.25) is 5.43 Å². The summed E-state index contributed by atoms with van der Waals surface area (Å²) in [6, 6.07) is 12.0. The maximum absolute atomic E-state index is 6.12. The van der Waals surface area contributed by atoms with Crippen LogP contribution in [0.4, 0.5) is 0 Å². The normalized spacial score (nSPS) is 17.5. The van der Waals surface area contributed by atoms with Gasteiger partial charge in [-0.05, 0) is 43.5 Å². The molecule has 1 saturated carbocycles. The fraction of sp³-hybridized carbons (Fsp3) is 0.409. The number of nitrogens with two attached hydrogens (primary N) is 2. The molecule has 3 rings (SSSR count). The van der Waals surface area contributed by atoms with E-state index in [0.717, 1.165) is 35.5 Å². The van der Waals surface area contributed by atoms with Crippen LogP contribution in [0.5, 0.6) is 0 Å². The van der Waals surface area contributed by atoms with Crippen LogP contribution in [0.2, 0.25) is 5.02 Å². The van der Waals surface area contributed by atoms with Crippen LogP contribution < -0.4 is 22.6 Å². The Bertz CT molecular complexity index is 1000. The van der Waals surface area contributed by atoms with Crippen LogP contribution in [0.25, 0.3) is 5.70 Å². The number of aromatic nitrogens is 1. The minimum atomic E-state index is -0.358. The van der Waals surface area contributed by atoms with Gasteiger partial charge in [-0.1, -0.05) is 67.1 Å². The number of nitrogens with zero attached hydrogens (tertiary/aromatic N) is 4. The van der Waals surface area contributed by atoms with Gasteiger partial charge in [0.15, 0.2) is 5.49 Å². The van der Waals surface area contributed by atoms with E-state index in [4.69, 9.17) is 23.3 Å². The second kappa shape index (κ2) is 8.52. The first kappa shape index (κ1) is 21.9. The molecule has 1 atom stereocenters. The van der Waals surface area contributed by atoms with Crippen molar-refractivity contribution in [1.29, 1.82) is 0 Å². The van der Waals surface area contributed by atoms with Crippen molar-refractivity contribution >= 4 is 17.3 Å². The molecule has 0 saturated heterocycles. The zero-order valence-electron chi connectivity index (χ0n) is 17.8. The number of pyridine rings is 1. The summed E-state index contributed by atoms with van der Waals surface area (Å²) in [7, 11) is 0. The minimum Gasteiger partial charge on any atom is -0.321 e. The molecule has 0 aliphatic heterocycles. The van der Waals surface area contributed by atoms with Crippen LogP contribution in [-0.2, 0) is 10.8 Å². The van der Waals surface area contributed by atoms with Crippen LogP contribution in [0.15, 0.2) is 64.7 Å². The van der Waals surface area contributed by atoms with E-state index in [1.165, 1.54) is 5.56 Å². The highest BCUT2D eigenvalue weighted by Crippen LogP contribution is 2.50. The van der Waals surface area contributed by atoms with Crippen LogP contribution in [0.3, 0.4) is 0 Å². The monoisotopic (exact) mass is 427 g/mol. The molecule has 0 radical (unpaired) electrons. The quantitative estimate of drug-likeness (QED) is 0.353. The standard InChI is InChI=1S/C22H30ClN7/c1-15(27-29-28-25)21(3,4)19-7-5-14-30(20(19)26-24)16(2)22(12-6-13-22)17-8-10-18(23)11-9-17/h5,7-11,14-15H,2,6,12-13,24H2,1,3-4H3,(H2,25,29)(H,27,28)/b26-20-. The molecule has 1 unspecified atom stereocenters. The van der Waals surface area contributed by atoms with Gasteiger partial charge in [0.2, 0.25) is 0 Å². The number of hydrogen-bond donors (Lipinski definition) is 3. The summed E-state index contributed by atoms with van der Waals surface area (Å²) in [5.74, 6) is 11.1. The maximum atomic E-state index is 6.12. The second-order valence-electron chi connectivity index (χ2n) is 8.42. The van der Waals surface area contributed by atoms with Crippen LogP contribution >= 0.6 is 11.6 Å². The SMILES string of the molecule is C=C(n1cccc(C(C)(C)C(C)N/N=N\N)/c1=N/N)C1(c2ccc(Cl)cc2)CCC1. The fourth-order valence-corrected chi connectivity index (χ4v) is 4.27. The van der Waals surface area contributed by atoms with E-state index in [-0.39, 0.29) is 16.9 Å². The van der Waals surface area contributed by atoms with E-state index in [9.17, 15) is 0 Å². The largest absolute Gasteiger partial charge is 0.321 e. The highest BCUT2D eigenvalue weighted by molar-refractivity contribution is 6.30. The summed E-state index contributed by atoms with van der Waals surface area (Å²) >= 11 is 6.12. The Morgan fingerprint density at radius 2 is 1.90 bits per heavy atom. The van der Waals surface area contributed by atoms with Crippen molar-refractivity contribution < 1.29 is 0 Å². The summed E-state index contributed by atoms with van der Waals surface area (Å²) in [5.41, 5.74) is 6.26. The molecule has 0 amide bonds. The molecule has 1 aromatic carbocycles. The summed E-state index contributed by atoms with van der Waals surface area (Å²) < 4.78 is 2.02. The lowest BCUT2D eigenvalue weighted by atomic mass is 9.62. The van der Waals surface area contributed by atoms with Crippen molar-refractivity contribution in [2.75, 3.05) is 0 Å². The van der Waals surface area contributed by atoms with Crippen molar-refractivity contribution in [3.63, 3.8) is 0 Å². The molecule has 1 aliphatic rings. The lowest BCUT2D eigenvalue weighted by molar-refractivity contribution is 0.315. The third kappa shape index (κ3) is 3.69. The summed E-state index contributed by atoms with van der Waals surface area (Å²) in [5, 5.41) is 11.9. The molecule has 30 heavy (non-hydrogen) atoms. The zero-order valence-corrected chi connectivity index (χ0v) is 18.5. The third-order valence-electron chi connectivity index (χ3n) is 6.62. The van der Waals surface area contributed by atoms with Gasteiger partial charge in [0.05, 0.1) is 6.04 Å². The molecule has 7 nitrogen and oxygen atoms in total. The fourth-order valence-electron chi connectivity index (χ4n) is 4.14. The molecule has 0 spiro atoms. The van der Waals surface area contributed by atoms with E-state index in [1.807, 2.05) is 42.0 Å². The lowest BCUT2D eigenvalue weighted by Gasteiger charge is -2.45. The zero-order chi connectivity index (χ0) is 21.9. The Morgan fingerprint density at radius 3 is 2.43 bits per heavy atom. The average molecular weight is 428 g/mol. The third-order valence-corrected chi connectivity index (χ3v) is 6.87. The Hall–Kier alpha value is -2.80. The molecule has 0 bridgehead atoms. The number of benzene rings is 1. The number of nitrogens with one attached hydrogen (secondary N) is 1. The Morgan fingerprint density at radius 1 is 1.23 bits per heavy atom. The van der Waals surface area contributed by atoms with Gasteiger partial charge in [-0.25, -0.2) is 0 Å². The highest BCUT2D eigenvalue weighted by Gasteiger charge is 2.42. The summed E-state index contributed by atoms with van der Waals surface area (Å²) in [6.07, 6.45) is 5.16. The predicted octanol–water partition coefficient (Wildman–Crippen LogP) is 4.01. The molecule has 8 heteroatoms. The summed E-state index contributed by atoms with van der Waals surface area (Å²) in [4.78, 5) is 0. The first-order chi connectivity index (χ1) is 14.3. The van der Waals surface area contributed by atoms with Crippen molar-refractivity contribution in [1.82, 2.24) is 9.99 Å². The van der Waals surface area contributed by atoms with Gasteiger partial charge in [-0.2, -0.15) is 5.10 Å². The molecular weight excluding hydrogens is 398 g/mol. The topological polar surface area (TPSA) is 106 Å². The summed E-state index contributed by atoms with van der Waals surface area (Å²) in [6.45, 7) is 10.7. The molecule has 160 valence electrons. The van der Waals surface area contributed by atoms with E-state index in [2.05, 4.69) is 53.5 Å². The van der Waals surface area contributed by atoms with Gasteiger partial charge < -0.3 is 16.3 Å². The number of halogens is 1. The van der Waals surface area contributed by atoms with Gasteiger partial charge >= 0.3 is 0 Å². The van der Waals surface area contributed by atoms with Gasteiger partial charge in [0.1, 0.15) is 0 Å². The van der Waals surface area contributed by atoms with Gasteiger partial charge in [0, 0.05) is 33.3 Å². The van der Waals surface area contributed by atoms with Crippen molar-refractivity contribution in [2.45, 2.75) is 56.9 Å². The minimum absolute atomic E-state index is 0.0663. The van der Waals surface area contributed by atoms with Gasteiger partial charge in [-0.15, -0.1) is 0 Å². The average Bonchev–Trinajstić information content (AvgIpc) is 2.71. The van der Waals surface area contributed by atoms with Crippen molar-refractivity contribution in [3.8, 4) is 0 Å². The Balaban J connectivity index is 2.08. The van der Waals surface area contributed by atoms with Crippen molar-refractivity contribution in [2.24, 2.45) is 27.2 Å². The van der Waals surface area contributed by atoms with Crippen LogP contribution in [0.1, 0.15) is 51.2 Å². The molecular formula is C22H30ClN7. The predicted molar refractivity (Wildman–Crippen MR) is 121 cm³/mol. The molecule has 1 aromatic heterocycles. The lowest BCUT2D eigenvalue weighted by Crippen LogP contribution is -2.46. The second-order valence-corrected chi connectivity index (χ2v) is 8.86. The highest BCUT2D eigenvalue weighted by atomic mass is 35.5. The Labute approximate surface area is 182 Å². The van der Waals surface area contributed by atoms with E-state index >= 15 is 0 Å². The van der Waals surface area contributed by atoms with Crippen LogP contribution in [-0.4, -0.2) is 10.6 Å². The molecule has 1 fully saturated rings. The first-order valence-corrected chi connectivity index (χ1v) is 10.4. The number of allylic oxidation sites excluding steroid dienone is 1. The molecule has 1 aliphatic carbocycles. The molecule has 5 N–H and O–H groups in total. The van der Waals surface area contributed by atoms with Gasteiger partial charge in [0.25, 0.3) is 0 Å². The number of hydrogen-bond acceptors (Lipinski definition) is 4. The van der Waals surface area contributed by atoms with E-state index in [1.54, 1.807) is 0 Å². The smallest absolute Gasteiger partial charge is 0.160 e. The maximum Gasteiger partial charge on any atom is 0.160 e. The Kier molecular flexibility index (Phi) is 6.22. The van der Waals surface area contributed by atoms with E-state index < -0.39 is 0 Å².